The average Bonchev–Trinajstić information content (AvgIpc) is 2.63. The Kier molecular flexibility index (Phi) is 2.57. The molecule has 0 bridgehead atoms. The molecule has 0 spiro atoms. The highest BCUT2D eigenvalue weighted by Crippen LogP contribution is 2.27. The van der Waals surface area contributed by atoms with Gasteiger partial charge in [-0.2, -0.15) is 0 Å². The molecule has 0 saturated carbocycles. The first-order chi connectivity index (χ1) is 6.33. The van der Waals surface area contributed by atoms with Gasteiger partial charge in [-0.1, -0.05) is 5.92 Å². The van der Waals surface area contributed by atoms with Crippen LogP contribution in [0, 0.1) is 18.3 Å². The third kappa shape index (κ3) is 1.59. The summed E-state index contributed by atoms with van der Waals surface area (Å²) in [6.45, 7) is 5.66. The lowest BCUT2D eigenvalue weighted by molar-refractivity contribution is 0.108. The van der Waals surface area contributed by atoms with E-state index in [1.54, 1.807) is 0 Å². The zero-order chi connectivity index (χ0) is 9.26. The first kappa shape index (κ1) is 9.05. The fraction of sp³-hybridized carbons (Fsp3) is 0.818. The van der Waals surface area contributed by atoms with E-state index in [9.17, 15) is 0 Å². The summed E-state index contributed by atoms with van der Waals surface area (Å²) in [6.07, 6.45) is 8.17. The molecule has 0 amide bonds. The summed E-state index contributed by atoms with van der Waals surface area (Å²) in [5.41, 5.74) is 0. The van der Waals surface area contributed by atoms with Gasteiger partial charge in [0.25, 0.3) is 0 Å². The number of nitrogens with one attached hydrogen (secondary N) is 1. The van der Waals surface area contributed by atoms with Gasteiger partial charge in [0.15, 0.2) is 0 Å². The summed E-state index contributed by atoms with van der Waals surface area (Å²) in [5, 5.41) is 3.46. The number of terminal acetylenes is 1. The molecule has 2 fully saturated rings. The second-order valence-corrected chi connectivity index (χ2v) is 4.21. The van der Waals surface area contributed by atoms with E-state index >= 15 is 0 Å². The lowest BCUT2D eigenvalue weighted by Gasteiger charge is -2.39. The molecule has 13 heavy (non-hydrogen) atoms. The van der Waals surface area contributed by atoms with Gasteiger partial charge in [0, 0.05) is 12.6 Å². The van der Waals surface area contributed by atoms with Crippen LogP contribution in [0.3, 0.4) is 0 Å². The minimum Gasteiger partial charge on any atom is -0.315 e. The SMILES string of the molecule is C#CC(C)N1CCCC2CNCC21. The number of rotatable bonds is 1. The predicted octanol–water partition coefficient (Wildman–Crippen LogP) is 0.692. The van der Waals surface area contributed by atoms with E-state index in [1.807, 2.05) is 0 Å². The molecule has 2 nitrogen and oxygen atoms in total. The number of fused-ring (bicyclic) bond motifs is 1. The van der Waals surface area contributed by atoms with Crippen molar-refractivity contribution in [1.82, 2.24) is 10.2 Å². The number of nitrogens with zero attached hydrogens (tertiary/aromatic N) is 1. The third-order valence-electron chi connectivity index (χ3n) is 3.46. The molecule has 0 aromatic carbocycles. The highest BCUT2D eigenvalue weighted by atomic mass is 15.2. The van der Waals surface area contributed by atoms with E-state index < -0.39 is 0 Å². The molecular weight excluding hydrogens is 160 g/mol. The Morgan fingerprint density at radius 3 is 3.15 bits per heavy atom. The molecule has 1 N–H and O–H groups in total. The van der Waals surface area contributed by atoms with Gasteiger partial charge >= 0.3 is 0 Å². The molecule has 2 heteroatoms. The van der Waals surface area contributed by atoms with Crippen LogP contribution in [-0.4, -0.2) is 36.6 Å². The zero-order valence-electron chi connectivity index (χ0n) is 8.29. The molecule has 2 saturated heterocycles. The lowest BCUT2D eigenvalue weighted by atomic mass is 9.91. The van der Waals surface area contributed by atoms with Gasteiger partial charge in [-0.05, 0) is 38.8 Å². The molecule has 72 valence electrons. The molecule has 0 aromatic heterocycles. The second-order valence-electron chi connectivity index (χ2n) is 4.21. The third-order valence-corrected chi connectivity index (χ3v) is 3.46. The van der Waals surface area contributed by atoms with Crippen LogP contribution in [-0.2, 0) is 0 Å². The zero-order valence-corrected chi connectivity index (χ0v) is 8.29. The van der Waals surface area contributed by atoms with Gasteiger partial charge in [0.1, 0.15) is 0 Å². The summed E-state index contributed by atoms with van der Waals surface area (Å²) in [6, 6.07) is 1.02. The van der Waals surface area contributed by atoms with Crippen LogP contribution in [0.2, 0.25) is 0 Å². The van der Waals surface area contributed by atoms with Crippen molar-refractivity contribution in [3.8, 4) is 12.3 Å². The molecule has 2 aliphatic rings. The Bertz CT molecular complexity index is 219. The number of hydrogen-bond acceptors (Lipinski definition) is 2. The largest absolute Gasteiger partial charge is 0.315 e. The fourth-order valence-corrected chi connectivity index (χ4v) is 2.68. The van der Waals surface area contributed by atoms with Crippen LogP contribution >= 0.6 is 0 Å². The Morgan fingerprint density at radius 1 is 1.54 bits per heavy atom. The van der Waals surface area contributed by atoms with Gasteiger partial charge in [-0.3, -0.25) is 4.90 Å². The fourth-order valence-electron chi connectivity index (χ4n) is 2.68. The Hall–Kier alpha value is -0.520. The molecule has 2 rings (SSSR count). The minimum atomic E-state index is 0.313. The Labute approximate surface area is 80.7 Å². The normalized spacial score (nSPS) is 36.6. The number of piperidine rings is 1. The van der Waals surface area contributed by atoms with Gasteiger partial charge in [0.05, 0.1) is 6.04 Å². The maximum atomic E-state index is 5.47. The predicted molar refractivity (Wildman–Crippen MR) is 54.4 cm³/mol. The Morgan fingerprint density at radius 2 is 2.38 bits per heavy atom. The van der Waals surface area contributed by atoms with E-state index in [-0.39, 0.29) is 0 Å². The average molecular weight is 178 g/mol. The molecule has 2 aliphatic heterocycles. The molecular formula is C11H18N2. The van der Waals surface area contributed by atoms with Crippen molar-refractivity contribution in [2.45, 2.75) is 31.8 Å². The molecule has 3 atom stereocenters. The lowest BCUT2D eigenvalue weighted by Crippen LogP contribution is -2.48. The van der Waals surface area contributed by atoms with Crippen LogP contribution in [0.1, 0.15) is 19.8 Å². The van der Waals surface area contributed by atoms with Crippen molar-refractivity contribution in [2.24, 2.45) is 5.92 Å². The summed E-state index contributed by atoms with van der Waals surface area (Å²) in [4.78, 5) is 2.49. The highest BCUT2D eigenvalue weighted by molar-refractivity contribution is 5.03. The summed E-state index contributed by atoms with van der Waals surface area (Å²) >= 11 is 0. The van der Waals surface area contributed by atoms with Crippen LogP contribution in [0.25, 0.3) is 0 Å². The van der Waals surface area contributed by atoms with Crippen molar-refractivity contribution in [3.05, 3.63) is 0 Å². The van der Waals surface area contributed by atoms with E-state index in [4.69, 9.17) is 6.42 Å². The first-order valence-corrected chi connectivity index (χ1v) is 5.25. The quantitative estimate of drug-likeness (QED) is 0.594. The highest BCUT2D eigenvalue weighted by Gasteiger charge is 2.36. The van der Waals surface area contributed by atoms with E-state index in [0.29, 0.717) is 12.1 Å². The number of likely N-dealkylation sites (tertiary alicyclic amines) is 1. The van der Waals surface area contributed by atoms with Crippen molar-refractivity contribution < 1.29 is 0 Å². The van der Waals surface area contributed by atoms with Crippen LogP contribution in [0.15, 0.2) is 0 Å². The smallest absolute Gasteiger partial charge is 0.0686 e. The standard InChI is InChI=1S/C11H18N2/c1-3-9(2)13-6-4-5-10-7-12-8-11(10)13/h1,9-12H,4-8H2,2H3. The van der Waals surface area contributed by atoms with Crippen molar-refractivity contribution in [3.63, 3.8) is 0 Å². The second kappa shape index (κ2) is 3.69. The summed E-state index contributed by atoms with van der Waals surface area (Å²) in [7, 11) is 0. The molecule has 0 radical (unpaired) electrons. The molecule has 2 heterocycles. The van der Waals surface area contributed by atoms with E-state index in [2.05, 4.69) is 23.1 Å². The van der Waals surface area contributed by atoms with Gasteiger partial charge < -0.3 is 5.32 Å². The summed E-state index contributed by atoms with van der Waals surface area (Å²) in [5.74, 6) is 3.70. The van der Waals surface area contributed by atoms with Crippen LogP contribution < -0.4 is 5.32 Å². The van der Waals surface area contributed by atoms with Gasteiger partial charge in [-0.25, -0.2) is 0 Å². The maximum Gasteiger partial charge on any atom is 0.0686 e. The van der Waals surface area contributed by atoms with Crippen molar-refractivity contribution >= 4 is 0 Å². The minimum absolute atomic E-state index is 0.313. The molecule has 0 aliphatic carbocycles. The molecule has 3 unspecified atom stereocenters. The summed E-state index contributed by atoms with van der Waals surface area (Å²) < 4.78 is 0. The Balaban J connectivity index is 2.06. The monoisotopic (exact) mass is 178 g/mol. The molecule has 0 aromatic rings. The van der Waals surface area contributed by atoms with Crippen LogP contribution in [0.5, 0.6) is 0 Å². The topological polar surface area (TPSA) is 15.3 Å². The van der Waals surface area contributed by atoms with Gasteiger partial charge in [-0.15, -0.1) is 6.42 Å². The van der Waals surface area contributed by atoms with Crippen LogP contribution in [0.4, 0.5) is 0 Å². The van der Waals surface area contributed by atoms with Gasteiger partial charge in [0.2, 0.25) is 0 Å². The number of hydrogen-bond donors (Lipinski definition) is 1. The van der Waals surface area contributed by atoms with E-state index in [1.165, 1.54) is 25.9 Å². The van der Waals surface area contributed by atoms with Crippen molar-refractivity contribution in [2.75, 3.05) is 19.6 Å². The van der Waals surface area contributed by atoms with E-state index in [0.717, 1.165) is 12.5 Å². The maximum absolute atomic E-state index is 5.47. The van der Waals surface area contributed by atoms with Crippen molar-refractivity contribution in [1.29, 1.82) is 0 Å². The first-order valence-electron chi connectivity index (χ1n) is 5.25.